The van der Waals surface area contributed by atoms with Gasteiger partial charge in [0.1, 0.15) is 0 Å². The molecule has 1 aliphatic carbocycles. The third-order valence-electron chi connectivity index (χ3n) is 4.38. The average molecular weight is 359 g/mol. The summed E-state index contributed by atoms with van der Waals surface area (Å²) in [6.07, 6.45) is 5.74. The number of hydrogen-bond acceptors (Lipinski definition) is 5. The molecule has 26 heavy (non-hydrogen) atoms. The molecule has 2 rings (SSSR count). The minimum absolute atomic E-state index is 0.0553. The molecule has 7 heteroatoms. The Morgan fingerprint density at radius 1 is 1.46 bits per heavy atom. The predicted molar refractivity (Wildman–Crippen MR) is 97.1 cm³/mol. The minimum Gasteiger partial charge on any atom is -0.404 e. The molecule has 0 spiro atoms. The Kier molecular flexibility index (Phi) is 6.16. The van der Waals surface area contributed by atoms with Crippen molar-refractivity contribution in [1.82, 2.24) is 10.2 Å². The van der Waals surface area contributed by atoms with Crippen molar-refractivity contribution in [3.63, 3.8) is 0 Å². The Bertz CT molecular complexity index is 782. The molecule has 0 atom stereocenters. The first kappa shape index (κ1) is 19.2. The molecule has 1 amide bonds. The lowest BCUT2D eigenvalue weighted by Gasteiger charge is -2.23. The number of likely N-dealkylation sites (N-methyl/N-ethyl adjacent to an activating group) is 1. The van der Waals surface area contributed by atoms with Gasteiger partial charge in [-0.25, -0.2) is 9.74 Å². The van der Waals surface area contributed by atoms with E-state index in [2.05, 4.69) is 16.8 Å². The number of aryl methyl sites for hydroxylation is 1. The molecule has 1 aromatic carbocycles. The second-order valence-electron chi connectivity index (χ2n) is 6.13. The maximum atomic E-state index is 12.2. The van der Waals surface area contributed by atoms with Gasteiger partial charge in [-0.05, 0) is 54.7 Å². The van der Waals surface area contributed by atoms with Gasteiger partial charge in [0.15, 0.2) is 0 Å². The van der Waals surface area contributed by atoms with E-state index in [0.29, 0.717) is 35.0 Å². The van der Waals surface area contributed by atoms with Crippen LogP contribution in [0.15, 0.2) is 48.4 Å². The highest BCUT2D eigenvalue weighted by Gasteiger charge is 2.28. The van der Waals surface area contributed by atoms with Crippen LogP contribution in [0.3, 0.4) is 0 Å². The van der Waals surface area contributed by atoms with Gasteiger partial charge in [0.05, 0.1) is 17.0 Å². The smallest absolute Gasteiger partial charge is 0.379 e. The van der Waals surface area contributed by atoms with Gasteiger partial charge >= 0.3 is 5.97 Å². The molecule has 0 aromatic heterocycles. The van der Waals surface area contributed by atoms with Crippen LogP contribution in [0, 0.1) is 6.92 Å². The molecule has 0 unspecified atom stereocenters. The van der Waals surface area contributed by atoms with Gasteiger partial charge < -0.3 is 16.0 Å². The van der Waals surface area contributed by atoms with Gasteiger partial charge in [-0.2, -0.15) is 0 Å². The van der Waals surface area contributed by atoms with Crippen LogP contribution in [0.25, 0.3) is 5.57 Å². The number of carbonyl (C=O) groups is 2. The minimum atomic E-state index is -1.09. The standard InChI is InChI=1S/C19H22FN3O3/c1-12-4-5-14(19(25)26-20)8-17(12)15(10-21)9-18(22-11-24)13(2)23(3)16-6-7-16/h4-5,8-11,16H,2,6-7,21H2,1,3H3,(H,22,24)/b15-10?,18-9+. The lowest BCUT2D eigenvalue weighted by atomic mass is 9.97. The Morgan fingerprint density at radius 2 is 2.15 bits per heavy atom. The van der Waals surface area contributed by atoms with E-state index < -0.39 is 5.97 Å². The molecule has 0 heterocycles. The topological polar surface area (TPSA) is 84.7 Å². The summed E-state index contributed by atoms with van der Waals surface area (Å²) in [5.74, 6) is -1.09. The van der Waals surface area contributed by atoms with Crippen molar-refractivity contribution in [2.45, 2.75) is 25.8 Å². The molecular formula is C19H22FN3O3. The number of allylic oxidation sites excluding steroid dienone is 2. The summed E-state index contributed by atoms with van der Waals surface area (Å²) in [6.45, 7) is 5.87. The van der Waals surface area contributed by atoms with E-state index in [9.17, 15) is 14.1 Å². The zero-order valence-corrected chi connectivity index (χ0v) is 14.8. The second-order valence-corrected chi connectivity index (χ2v) is 6.13. The Labute approximate surface area is 151 Å². The number of carbonyl (C=O) groups excluding carboxylic acids is 2. The Balaban J connectivity index is 2.41. The van der Waals surface area contributed by atoms with Crippen LogP contribution in [0.1, 0.15) is 34.3 Å². The van der Waals surface area contributed by atoms with E-state index in [0.717, 1.165) is 18.4 Å². The highest BCUT2D eigenvalue weighted by Crippen LogP contribution is 2.31. The first-order chi connectivity index (χ1) is 12.4. The van der Waals surface area contributed by atoms with Crippen LogP contribution in [0.4, 0.5) is 4.53 Å². The SMILES string of the molecule is C=C(/C(=C\C(=CN)c1cc(C(=O)OF)ccc1C)NC=O)N(C)C1CC1. The van der Waals surface area contributed by atoms with Crippen LogP contribution in [-0.4, -0.2) is 30.4 Å². The van der Waals surface area contributed by atoms with Crippen molar-refractivity contribution in [2.75, 3.05) is 7.05 Å². The molecule has 6 nitrogen and oxygen atoms in total. The second kappa shape index (κ2) is 8.33. The zero-order chi connectivity index (χ0) is 19.3. The monoisotopic (exact) mass is 359 g/mol. The van der Waals surface area contributed by atoms with Crippen molar-refractivity contribution >= 4 is 18.0 Å². The van der Waals surface area contributed by atoms with Gasteiger partial charge in [-0.1, -0.05) is 12.6 Å². The van der Waals surface area contributed by atoms with E-state index in [4.69, 9.17) is 5.73 Å². The summed E-state index contributed by atoms with van der Waals surface area (Å²) in [6, 6.07) is 5.02. The van der Waals surface area contributed by atoms with Crippen LogP contribution in [0.5, 0.6) is 0 Å². The van der Waals surface area contributed by atoms with Gasteiger partial charge in [0.25, 0.3) is 0 Å². The summed E-state index contributed by atoms with van der Waals surface area (Å²) in [5.41, 5.74) is 8.94. The lowest BCUT2D eigenvalue weighted by molar-refractivity contribution is -0.108. The van der Waals surface area contributed by atoms with E-state index >= 15 is 0 Å². The summed E-state index contributed by atoms with van der Waals surface area (Å²) in [7, 11) is 1.91. The van der Waals surface area contributed by atoms with E-state index in [1.807, 2.05) is 18.9 Å². The highest BCUT2D eigenvalue weighted by atomic mass is 19.3. The molecule has 1 fully saturated rings. The number of rotatable bonds is 8. The van der Waals surface area contributed by atoms with E-state index in [-0.39, 0.29) is 5.56 Å². The number of amides is 1. The molecule has 138 valence electrons. The summed E-state index contributed by atoms with van der Waals surface area (Å²) in [5, 5.41) is 2.64. The molecule has 0 bridgehead atoms. The zero-order valence-electron chi connectivity index (χ0n) is 14.8. The molecule has 1 aliphatic rings. The number of nitrogens with one attached hydrogen (secondary N) is 1. The molecule has 0 radical (unpaired) electrons. The molecular weight excluding hydrogens is 337 g/mol. The first-order valence-electron chi connectivity index (χ1n) is 8.12. The normalized spacial score (nSPS) is 14.6. The van der Waals surface area contributed by atoms with E-state index in [1.165, 1.54) is 18.3 Å². The van der Waals surface area contributed by atoms with Crippen molar-refractivity contribution in [1.29, 1.82) is 0 Å². The summed E-state index contributed by atoms with van der Waals surface area (Å²) < 4.78 is 12.2. The fourth-order valence-corrected chi connectivity index (χ4v) is 2.62. The van der Waals surface area contributed by atoms with Crippen molar-refractivity contribution in [2.24, 2.45) is 5.73 Å². The number of nitrogens with zero attached hydrogens (tertiary/aromatic N) is 1. The molecule has 1 aromatic rings. The highest BCUT2D eigenvalue weighted by molar-refractivity contribution is 5.91. The third-order valence-corrected chi connectivity index (χ3v) is 4.38. The van der Waals surface area contributed by atoms with Gasteiger partial charge in [0.2, 0.25) is 6.41 Å². The number of benzene rings is 1. The van der Waals surface area contributed by atoms with Crippen molar-refractivity contribution < 1.29 is 19.1 Å². The van der Waals surface area contributed by atoms with Crippen LogP contribution in [-0.2, 0) is 9.74 Å². The maximum Gasteiger partial charge on any atom is 0.379 e. The van der Waals surface area contributed by atoms with Crippen LogP contribution >= 0.6 is 0 Å². The molecule has 1 saturated carbocycles. The quantitative estimate of drug-likeness (QED) is 0.550. The van der Waals surface area contributed by atoms with E-state index in [1.54, 1.807) is 12.1 Å². The summed E-state index contributed by atoms with van der Waals surface area (Å²) >= 11 is 0. The molecule has 3 N–H and O–H groups in total. The number of halogens is 1. The maximum absolute atomic E-state index is 12.2. The number of hydrogen-bond donors (Lipinski definition) is 2. The fourth-order valence-electron chi connectivity index (χ4n) is 2.62. The van der Waals surface area contributed by atoms with Gasteiger partial charge in [-0.15, -0.1) is 0 Å². The first-order valence-corrected chi connectivity index (χ1v) is 8.12. The largest absolute Gasteiger partial charge is 0.404 e. The van der Waals surface area contributed by atoms with Gasteiger partial charge in [0, 0.05) is 23.8 Å². The third kappa shape index (κ3) is 4.30. The van der Waals surface area contributed by atoms with Gasteiger partial charge in [-0.3, -0.25) is 4.79 Å². The fraction of sp³-hybridized carbons (Fsp3) is 0.263. The predicted octanol–water partition coefficient (Wildman–Crippen LogP) is 2.57. The van der Waals surface area contributed by atoms with Crippen LogP contribution in [0.2, 0.25) is 0 Å². The lowest BCUT2D eigenvalue weighted by Crippen LogP contribution is -2.26. The number of nitrogens with two attached hydrogens (primary N) is 1. The summed E-state index contributed by atoms with van der Waals surface area (Å²) in [4.78, 5) is 27.8. The van der Waals surface area contributed by atoms with Crippen molar-refractivity contribution in [3.8, 4) is 0 Å². The molecule has 0 aliphatic heterocycles. The Hall–Kier alpha value is -3.09. The van der Waals surface area contributed by atoms with Crippen molar-refractivity contribution in [3.05, 3.63) is 65.1 Å². The average Bonchev–Trinajstić information content (AvgIpc) is 3.49. The Morgan fingerprint density at radius 3 is 2.69 bits per heavy atom. The molecule has 0 saturated heterocycles. The van der Waals surface area contributed by atoms with Crippen LogP contribution < -0.4 is 11.1 Å².